The molecule has 5 rings (SSSR count). The summed E-state index contributed by atoms with van der Waals surface area (Å²) in [5.41, 5.74) is -0.0468. The molecule has 1 N–H and O–H groups in total. The van der Waals surface area contributed by atoms with Gasteiger partial charge in [0.05, 0.1) is 16.9 Å². The molecular formula is C25H33NO5. The number of Topliss-reactive ketones (excluding diaryl/α,β-unsaturated/α-hetero) is 1. The highest BCUT2D eigenvalue weighted by Gasteiger charge is 2.70. The highest BCUT2D eigenvalue weighted by molar-refractivity contribution is 5.90. The van der Waals surface area contributed by atoms with Crippen molar-refractivity contribution in [2.24, 2.45) is 11.8 Å². The van der Waals surface area contributed by atoms with E-state index in [1.54, 1.807) is 19.9 Å². The molecule has 1 aromatic rings. The van der Waals surface area contributed by atoms with Crippen molar-refractivity contribution in [1.29, 1.82) is 0 Å². The van der Waals surface area contributed by atoms with Gasteiger partial charge in [-0.15, -0.1) is 0 Å². The molecule has 2 aliphatic carbocycles. The third-order valence-electron chi connectivity index (χ3n) is 8.18. The highest BCUT2D eigenvalue weighted by atomic mass is 16.6. The van der Waals surface area contributed by atoms with Crippen molar-refractivity contribution >= 4 is 11.8 Å². The number of hydrogen-bond donors (Lipinski definition) is 1. The monoisotopic (exact) mass is 427 g/mol. The maximum atomic E-state index is 13.1. The molecule has 2 heterocycles. The second kappa shape index (κ2) is 7.04. The number of carbonyl (C=O) groups is 2. The zero-order chi connectivity index (χ0) is 22.1. The number of aryl methyl sites for hydroxylation is 1. The van der Waals surface area contributed by atoms with Gasteiger partial charge in [-0.1, -0.05) is 19.9 Å². The maximum absolute atomic E-state index is 13.1. The molecule has 4 atom stereocenters. The minimum atomic E-state index is -1.07. The number of ketones is 1. The van der Waals surface area contributed by atoms with Gasteiger partial charge < -0.3 is 14.6 Å². The van der Waals surface area contributed by atoms with Crippen LogP contribution in [0.4, 0.5) is 0 Å². The van der Waals surface area contributed by atoms with Crippen LogP contribution in [0.2, 0.25) is 0 Å². The fraction of sp³-hybridized carbons (Fsp3) is 0.680. The normalized spacial score (nSPS) is 34.7. The van der Waals surface area contributed by atoms with Crippen molar-refractivity contribution in [2.45, 2.75) is 83.0 Å². The number of piperidine rings is 1. The lowest BCUT2D eigenvalue weighted by atomic mass is 9.52. The van der Waals surface area contributed by atoms with E-state index in [-0.39, 0.29) is 23.7 Å². The zero-order valence-electron chi connectivity index (χ0n) is 18.9. The average molecular weight is 428 g/mol. The number of nitrogens with zero attached hydrogens (tertiary/aromatic N) is 1. The highest BCUT2D eigenvalue weighted by Crippen LogP contribution is 2.62. The maximum Gasteiger partial charge on any atom is 0.313 e. The third-order valence-corrected chi connectivity index (χ3v) is 8.18. The summed E-state index contributed by atoms with van der Waals surface area (Å²) in [6.45, 7) is 9.50. The van der Waals surface area contributed by atoms with Crippen molar-refractivity contribution in [3.63, 3.8) is 0 Å². The van der Waals surface area contributed by atoms with Crippen LogP contribution in [0, 0.1) is 18.8 Å². The van der Waals surface area contributed by atoms with Gasteiger partial charge in [-0.25, -0.2) is 0 Å². The first-order chi connectivity index (χ1) is 14.7. The van der Waals surface area contributed by atoms with Crippen molar-refractivity contribution in [1.82, 2.24) is 4.90 Å². The molecular weight excluding hydrogens is 394 g/mol. The van der Waals surface area contributed by atoms with Crippen molar-refractivity contribution in [3.8, 4) is 11.5 Å². The van der Waals surface area contributed by atoms with Gasteiger partial charge in [-0.3, -0.25) is 14.5 Å². The first-order valence-electron chi connectivity index (χ1n) is 11.7. The SMILES string of the molecule is Cc1ccc(OC(=O)C(C)C)c2c1[C@]13CCN(CC4CC4)[C@H](C)[C@]1(O)CCC(=O)[C@@H]3O2. The van der Waals surface area contributed by atoms with E-state index in [1.165, 1.54) is 12.8 Å². The van der Waals surface area contributed by atoms with Gasteiger partial charge in [-0.2, -0.15) is 0 Å². The molecule has 0 bridgehead atoms. The van der Waals surface area contributed by atoms with Crippen LogP contribution in [-0.2, 0) is 15.0 Å². The predicted molar refractivity (Wildman–Crippen MR) is 115 cm³/mol. The molecule has 0 aromatic heterocycles. The Morgan fingerprint density at radius 2 is 2.06 bits per heavy atom. The van der Waals surface area contributed by atoms with E-state index in [4.69, 9.17) is 9.47 Å². The van der Waals surface area contributed by atoms with Crippen LogP contribution in [0.5, 0.6) is 11.5 Å². The molecule has 4 aliphatic rings. The number of carbonyl (C=O) groups excluding carboxylic acids is 2. The summed E-state index contributed by atoms with van der Waals surface area (Å²) in [7, 11) is 0. The van der Waals surface area contributed by atoms with Gasteiger partial charge in [0.25, 0.3) is 0 Å². The molecule has 1 saturated heterocycles. The van der Waals surface area contributed by atoms with Crippen molar-refractivity contribution in [3.05, 3.63) is 23.3 Å². The Labute approximate surface area is 183 Å². The van der Waals surface area contributed by atoms with Gasteiger partial charge in [0.1, 0.15) is 0 Å². The summed E-state index contributed by atoms with van der Waals surface area (Å²) in [6.07, 6.45) is 3.20. The van der Waals surface area contributed by atoms with Crippen LogP contribution in [0.25, 0.3) is 0 Å². The van der Waals surface area contributed by atoms with E-state index in [0.29, 0.717) is 30.8 Å². The number of rotatable bonds is 4. The lowest BCUT2D eigenvalue weighted by Gasteiger charge is -2.59. The van der Waals surface area contributed by atoms with Crippen LogP contribution in [0.1, 0.15) is 64.0 Å². The van der Waals surface area contributed by atoms with E-state index in [2.05, 4.69) is 11.8 Å². The quantitative estimate of drug-likeness (QED) is 0.588. The largest absolute Gasteiger partial charge is 0.477 e. The number of ether oxygens (including phenoxy) is 2. The third kappa shape index (κ3) is 2.91. The van der Waals surface area contributed by atoms with Crippen LogP contribution < -0.4 is 9.47 Å². The molecule has 0 unspecified atom stereocenters. The number of benzene rings is 1. The predicted octanol–water partition coefficient (Wildman–Crippen LogP) is 3.15. The van der Waals surface area contributed by atoms with Crippen molar-refractivity contribution < 1.29 is 24.2 Å². The fourth-order valence-corrected chi connectivity index (χ4v) is 6.19. The fourth-order valence-electron chi connectivity index (χ4n) is 6.19. The van der Waals surface area contributed by atoms with Crippen LogP contribution in [-0.4, -0.2) is 52.6 Å². The van der Waals surface area contributed by atoms with Crippen LogP contribution in [0.3, 0.4) is 0 Å². The first kappa shape index (κ1) is 21.0. The number of esters is 1. The van der Waals surface area contributed by atoms with E-state index >= 15 is 0 Å². The molecule has 168 valence electrons. The van der Waals surface area contributed by atoms with E-state index in [1.807, 2.05) is 13.0 Å². The second-order valence-electron chi connectivity index (χ2n) is 10.4. The molecule has 2 aliphatic heterocycles. The Hall–Kier alpha value is -1.92. The molecule has 0 radical (unpaired) electrons. The van der Waals surface area contributed by atoms with Crippen LogP contribution in [0.15, 0.2) is 12.1 Å². The lowest BCUT2D eigenvalue weighted by Crippen LogP contribution is -2.74. The Kier molecular flexibility index (Phi) is 4.76. The molecule has 6 nitrogen and oxygen atoms in total. The topological polar surface area (TPSA) is 76.1 Å². The Bertz CT molecular complexity index is 938. The molecule has 1 aromatic carbocycles. The van der Waals surface area contributed by atoms with Gasteiger partial charge in [0.15, 0.2) is 23.4 Å². The standard InChI is InChI=1S/C25H33NO5/c1-14(2)23(28)30-19-8-5-15(3)20-21(19)31-22-18(27)9-10-25(29)16(4)26(13-17-6-7-17)12-11-24(20,22)25/h5,8,14,16-17,22,29H,6-7,9-13H2,1-4H3/t16-,22+,24+,25-/m1/s1. The molecule has 2 saturated carbocycles. The first-order valence-corrected chi connectivity index (χ1v) is 11.7. The van der Waals surface area contributed by atoms with E-state index in [9.17, 15) is 14.7 Å². The van der Waals surface area contributed by atoms with E-state index in [0.717, 1.165) is 30.1 Å². The summed E-state index contributed by atoms with van der Waals surface area (Å²) in [6, 6.07) is 3.59. The van der Waals surface area contributed by atoms with Gasteiger partial charge in [0.2, 0.25) is 0 Å². The number of fused-ring (bicyclic) bond motifs is 1. The van der Waals surface area contributed by atoms with Gasteiger partial charge >= 0.3 is 5.97 Å². The molecule has 1 spiro atoms. The summed E-state index contributed by atoms with van der Waals surface area (Å²) in [5.74, 6) is 0.974. The molecule has 3 fully saturated rings. The minimum absolute atomic E-state index is 0.0317. The Morgan fingerprint density at radius 1 is 1.32 bits per heavy atom. The number of aliphatic hydroxyl groups is 1. The summed E-state index contributed by atoms with van der Waals surface area (Å²) in [4.78, 5) is 27.8. The molecule has 6 heteroatoms. The molecule has 0 amide bonds. The summed E-state index contributed by atoms with van der Waals surface area (Å²) in [5, 5.41) is 12.3. The smallest absolute Gasteiger partial charge is 0.313 e. The second-order valence-corrected chi connectivity index (χ2v) is 10.4. The number of hydrogen-bond acceptors (Lipinski definition) is 6. The zero-order valence-corrected chi connectivity index (χ0v) is 18.9. The van der Waals surface area contributed by atoms with Crippen molar-refractivity contribution in [2.75, 3.05) is 13.1 Å². The summed E-state index contributed by atoms with van der Waals surface area (Å²) < 4.78 is 12.0. The van der Waals surface area contributed by atoms with Crippen LogP contribution >= 0.6 is 0 Å². The number of likely N-dealkylation sites (tertiary alicyclic amines) is 1. The lowest BCUT2D eigenvalue weighted by molar-refractivity contribution is -0.181. The average Bonchev–Trinajstić information content (AvgIpc) is 3.47. The van der Waals surface area contributed by atoms with E-state index < -0.39 is 17.1 Å². The summed E-state index contributed by atoms with van der Waals surface area (Å²) >= 11 is 0. The minimum Gasteiger partial charge on any atom is -0.477 e. The molecule has 31 heavy (non-hydrogen) atoms. The Morgan fingerprint density at radius 3 is 2.74 bits per heavy atom. The van der Waals surface area contributed by atoms with Gasteiger partial charge in [0, 0.05) is 24.6 Å². The Balaban J connectivity index is 1.62. The van der Waals surface area contributed by atoms with Gasteiger partial charge in [-0.05, 0) is 63.6 Å².